The SMILES string of the molecule is CC(=O)NCCC[Si](C)(C)Cl.CC(=O)NCCC[Si](C)(C)O[Si](C)(C)CCCNC(C)=O.CC(=O)NCCC[Si](C)(C)O[Si](C)(C)CSc1ncc(COCCOCCOCCN=[N+]=[N-])cn1.C[Si](C)(CSc1ncc(COCCOCCOCCN=[N+]=[N-])cn1)O[Si](C)(C)CSc1ncc(COCCOCCOCCN=[N+]=[N-])cn1.C[Si](C)(Cl)CSc1ncc(COCCOCCN=[N+]=[N-])cn1. The molecule has 42 nitrogen and oxygen atoms in total. The van der Waals surface area contributed by atoms with Crippen LogP contribution in [-0.4, -0.2) is 321 Å². The van der Waals surface area contributed by atoms with E-state index in [1.54, 1.807) is 117 Å². The lowest BCUT2D eigenvalue weighted by atomic mass is 10.4. The highest BCUT2D eigenvalue weighted by Crippen LogP contribution is 2.30. The third kappa shape index (κ3) is 88.3. The Morgan fingerprint density at radius 2 is 0.478 bits per heavy atom. The first-order valence-electron chi connectivity index (χ1n) is 45.9. The van der Waals surface area contributed by atoms with E-state index in [1.165, 1.54) is 6.92 Å². The Bertz CT molecular complexity index is 3960. The molecule has 0 aliphatic heterocycles. The third-order valence-electron chi connectivity index (χ3n) is 17.2. The van der Waals surface area contributed by atoms with E-state index >= 15 is 0 Å². The Kier molecular flexibility index (Phi) is 77.7. The second-order valence-corrected chi connectivity index (χ2v) is 81.4. The summed E-state index contributed by atoms with van der Waals surface area (Å²) in [5.41, 5.74) is 36.3. The zero-order valence-electron chi connectivity index (χ0n) is 85.0. The number of carbonyl (C=O) groups excluding carboxylic acids is 4. The van der Waals surface area contributed by atoms with Crippen LogP contribution in [0.15, 0.2) is 90.7 Å². The Labute approximate surface area is 852 Å². The molecule has 0 saturated carbocycles. The minimum absolute atomic E-state index is 0.0153. The van der Waals surface area contributed by atoms with E-state index in [0.717, 1.165) is 134 Å². The number of thioether (sulfide) groups is 4. The lowest BCUT2D eigenvalue weighted by molar-refractivity contribution is -0.119. The number of hydrogen-bond donors (Lipinski definition) is 4. The van der Waals surface area contributed by atoms with Crippen molar-refractivity contribution >= 4 is 158 Å². The molecule has 0 bridgehead atoms. The highest BCUT2D eigenvalue weighted by Gasteiger charge is 2.36. The lowest BCUT2D eigenvalue weighted by Crippen LogP contribution is -2.48. The molecule has 4 heterocycles. The molecule has 782 valence electrons. The number of rotatable bonds is 75. The molecule has 4 amide bonds. The molecule has 0 radical (unpaired) electrons. The van der Waals surface area contributed by atoms with Crippen molar-refractivity contribution in [3.63, 3.8) is 0 Å². The summed E-state index contributed by atoms with van der Waals surface area (Å²) in [6.45, 7) is 55.4. The fourth-order valence-corrected chi connectivity index (χ4v) is 46.5. The van der Waals surface area contributed by atoms with Crippen LogP contribution in [0, 0.1) is 0 Å². The summed E-state index contributed by atoms with van der Waals surface area (Å²) in [7, 11) is -14.0. The highest BCUT2D eigenvalue weighted by molar-refractivity contribution is 8.01. The maximum atomic E-state index is 11.0. The Morgan fingerprint density at radius 1 is 0.290 bits per heavy atom. The van der Waals surface area contributed by atoms with Crippen LogP contribution in [0.5, 0.6) is 0 Å². The maximum absolute atomic E-state index is 11.0. The van der Waals surface area contributed by atoms with E-state index in [9.17, 15) is 19.2 Å². The molecule has 0 aliphatic carbocycles. The van der Waals surface area contributed by atoms with Crippen molar-refractivity contribution in [2.24, 2.45) is 20.5 Å². The molecule has 138 heavy (non-hydrogen) atoms. The number of halogens is 2. The van der Waals surface area contributed by atoms with Crippen LogP contribution in [-0.2, 0) is 110 Å². The summed E-state index contributed by atoms with van der Waals surface area (Å²) in [4.78, 5) is 89.2. The monoisotopic (exact) mass is 2190 g/mol. The molecular formula is C82H156Cl2N24O18S4Si8. The van der Waals surface area contributed by atoms with Crippen LogP contribution < -0.4 is 21.3 Å². The van der Waals surface area contributed by atoms with Gasteiger partial charge in [0, 0.05) is 193 Å². The van der Waals surface area contributed by atoms with Gasteiger partial charge in [-0.15, -0.1) is 0 Å². The number of ether oxygens (including phenoxy) is 11. The first-order chi connectivity index (χ1) is 65.3. The number of nitrogens with one attached hydrogen (secondary N) is 4. The second-order valence-electron chi connectivity index (χ2n) is 35.6. The van der Waals surface area contributed by atoms with Gasteiger partial charge in [0.25, 0.3) is 0 Å². The topological polar surface area (TPSA) is 544 Å². The van der Waals surface area contributed by atoms with Gasteiger partial charge in [-0.25, -0.2) is 39.9 Å². The fourth-order valence-electron chi connectivity index (χ4n) is 11.4. The Balaban J connectivity index is 0.00000184. The average Bonchev–Trinajstić information content (AvgIpc) is 0.825. The zero-order chi connectivity index (χ0) is 103. The van der Waals surface area contributed by atoms with Gasteiger partial charge >= 0.3 is 0 Å². The molecule has 0 atom stereocenters. The minimum Gasteiger partial charge on any atom is -0.455 e. The predicted octanol–water partition coefficient (Wildman–Crippen LogP) is 17.1. The summed E-state index contributed by atoms with van der Waals surface area (Å²) in [5, 5.41) is 31.2. The number of nitrogens with zero attached hydrogens (tertiary/aromatic N) is 20. The highest BCUT2D eigenvalue weighted by atomic mass is 35.6. The molecule has 4 rings (SSSR count). The van der Waals surface area contributed by atoms with Crippen molar-refractivity contribution in [3.05, 3.63) is 114 Å². The summed E-state index contributed by atoms with van der Waals surface area (Å²) in [6, 6.07) is 4.22. The number of amides is 4. The van der Waals surface area contributed by atoms with Gasteiger partial charge < -0.3 is 85.7 Å². The Hall–Kier alpha value is -5.40. The molecule has 0 fully saturated rings. The van der Waals surface area contributed by atoms with Crippen LogP contribution in [0.2, 0.25) is 129 Å². The van der Waals surface area contributed by atoms with Crippen molar-refractivity contribution in [2.45, 2.75) is 229 Å². The summed E-state index contributed by atoms with van der Waals surface area (Å²) >= 11 is 18.8. The van der Waals surface area contributed by atoms with Gasteiger partial charge in [0.1, 0.15) is 0 Å². The molecule has 4 aromatic rings. The van der Waals surface area contributed by atoms with E-state index in [1.807, 2.05) is 0 Å². The summed E-state index contributed by atoms with van der Waals surface area (Å²) in [6.07, 6.45) is 18.2. The minimum atomic E-state index is -1.99. The van der Waals surface area contributed by atoms with Gasteiger partial charge in [-0.05, 0) is 151 Å². The van der Waals surface area contributed by atoms with Crippen molar-refractivity contribution in [3.8, 4) is 0 Å². The van der Waals surface area contributed by atoms with Gasteiger partial charge in [0.05, 0.1) is 145 Å². The Morgan fingerprint density at radius 3 is 0.681 bits per heavy atom. The second kappa shape index (κ2) is 80.9. The van der Waals surface area contributed by atoms with E-state index in [-0.39, 0.29) is 23.6 Å². The zero-order valence-corrected chi connectivity index (χ0v) is 97.8. The van der Waals surface area contributed by atoms with E-state index < -0.39 is 64.7 Å². The van der Waals surface area contributed by atoms with Crippen LogP contribution in [0.4, 0.5) is 0 Å². The van der Waals surface area contributed by atoms with Gasteiger partial charge in [0.15, 0.2) is 85.3 Å². The van der Waals surface area contributed by atoms with Crippen LogP contribution >= 0.6 is 69.2 Å². The smallest absolute Gasteiger partial charge is 0.216 e. The molecule has 0 unspecified atom stereocenters. The quantitative estimate of drug-likeness (QED) is 0.00466. The third-order valence-corrected chi connectivity index (χ3v) is 53.5. The summed E-state index contributed by atoms with van der Waals surface area (Å²) in [5.74, 6) is 0.117. The molecule has 0 aromatic carbocycles. The lowest BCUT2D eigenvalue weighted by Gasteiger charge is -2.34. The summed E-state index contributed by atoms with van der Waals surface area (Å²) < 4.78 is 79.6. The molecule has 4 N–H and O–H groups in total. The predicted molar refractivity (Wildman–Crippen MR) is 569 cm³/mol. The van der Waals surface area contributed by atoms with Gasteiger partial charge in [-0.1, -0.05) is 93.7 Å². The number of hydrogen-bond acceptors (Lipinski definition) is 34. The van der Waals surface area contributed by atoms with Gasteiger partial charge in [-0.3, -0.25) is 19.2 Å². The van der Waals surface area contributed by atoms with Crippen molar-refractivity contribution < 1.29 is 83.6 Å². The number of azide groups is 4. The normalized spacial score (nSPS) is 11.7. The van der Waals surface area contributed by atoms with E-state index in [4.69, 9.17) is 109 Å². The molecular weight excluding hydrogens is 2030 g/mol. The first-order valence-corrected chi connectivity index (χ1v) is 77.0. The van der Waals surface area contributed by atoms with Crippen molar-refractivity contribution in [1.29, 1.82) is 0 Å². The van der Waals surface area contributed by atoms with Gasteiger partial charge in [0.2, 0.25) is 23.6 Å². The molecule has 0 saturated heterocycles. The molecule has 0 aliphatic rings. The van der Waals surface area contributed by atoms with Crippen molar-refractivity contribution in [2.75, 3.05) is 193 Å². The standard InChI is InChI=1S/C28H48N10O7S2Si2.C21H40N6O5SSi2.C14H32N2O3Si2.C12H20ClN5O2SSi.C7H16ClNOSi/c1-48(2,23-46-27-31-17-25(18-32-27)21-43-15-13-41-11-9-39-7-5-35-37-29)45-49(3,4)24-47-28-33-19-26(20-34-28)22-44-16-14-42-12-10-40-8-6-36-38-30;1-19(28)23-7-6-14-34(2,3)32-35(4,5)18-33-21-24-15-20(16-25-21)17-31-13-12-30-11-10-29-9-8-26-27-22;1-13(17)15-9-7-11-20(3,4)19-21(5,6)12-8-10-16-14(2)18;1-22(2,13)10-21-12-15-7-11(8-16-12)9-20-6-5-19-4-3-17-18-14;1-7(10)9-5-4-6-11(2,3)8/h17-20H,5-16,21-24H2,1-4H3;15-16H,6-14,17-18H2,1-5H3,(H,23,28);7-12H2,1-6H3,(H,15,17)(H,16,18);7-8H,3-6,9-10H2,1-2H3;4-6H2,1-3H3,(H,9,10). The maximum Gasteiger partial charge on any atom is 0.216 e. The van der Waals surface area contributed by atoms with E-state index in [0.29, 0.717) is 178 Å². The molecule has 56 heteroatoms. The van der Waals surface area contributed by atoms with E-state index in [2.05, 4.69) is 206 Å². The number of aromatic nitrogens is 8. The van der Waals surface area contributed by atoms with Crippen LogP contribution in [0.25, 0.3) is 41.8 Å². The van der Waals surface area contributed by atoms with Crippen LogP contribution in [0.1, 0.15) is 75.6 Å². The van der Waals surface area contributed by atoms with Crippen molar-refractivity contribution in [1.82, 2.24) is 61.1 Å². The number of carbonyl (C=O) groups is 4. The largest absolute Gasteiger partial charge is 0.455 e. The first kappa shape index (κ1) is 133. The fraction of sp³-hybridized carbons (Fsp3) is 0.756. The van der Waals surface area contributed by atoms with Crippen LogP contribution in [0.3, 0.4) is 0 Å². The molecule has 4 aromatic heterocycles. The van der Waals surface area contributed by atoms with Gasteiger partial charge in [-0.2, -0.15) is 22.2 Å². The molecule has 0 spiro atoms. The average molecular weight is 2190 g/mol.